The summed E-state index contributed by atoms with van der Waals surface area (Å²) in [6.45, 7) is 0. The summed E-state index contributed by atoms with van der Waals surface area (Å²) in [6, 6.07) is 7.03. The molecule has 0 aliphatic carbocycles. The van der Waals surface area contributed by atoms with Gasteiger partial charge in [0, 0.05) is 0 Å². The molecule has 1 aliphatic rings. The van der Waals surface area contributed by atoms with Gasteiger partial charge in [-0.05, 0) is 29.8 Å². The molecule has 1 aromatic carbocycles. The molecule has 4 nitrogen and oxygen atoms in total. The minimum Gasteiger partial charge on any atom is -0.497 e. The number of ether oxygens (including phenoxy) is 2. The van der Waals surface area contributed by atoms with Crippen LogP contribution in [0.4, 0.5) is 0 Å². The van der Waals surface area contributed by atoms with Crippen molar-refractivity contribution in [2.24, 2.45) is 4.99 Å². The zero-order valence-electron chi connectivity index (χ0n) is 8.56. The highest BCUT2D eigenvalue weighted by molar-refractivity contribution is 6.24. The standard InChI is InChI=1S/C11H11NO3/c1-14-8-5-3-7(4-6-8)9-10(12-9)11(13)15-2/h3-6,10H,1-2H3/t10-/m0/s1. The van der Waals surface area contributed by atoms with E-state index in [1.54, 1.807) is 7.11 Å². The van der Waals surface area contributed by atoms with Crippen LogP contribution in [0.1, 0.15) is 5.56 Å². The van der Waals surface area contributed by atoms with Crippen LogP contribution in [-0.4, -0.2) is 31.9 Å². The van der Waals surface area contributed by atoms with E-state index in [1.807, 2.05) is 24.3 Å². The Bertz CT molecular complexity index is 408. The molecule has 0 unspecified atom stereocenters. The molecule has 15 heavy (non-hydrogen) atoms. The molecule has 0 fully saturated rings. The largest absolute Gasteiger partial charge is 0.497 e. The van der Waals surface area contributed by atoms with E-state index in [2.05, 4.69) is 9.73 Å². The fourth-order valence-electron chi connectivity index (χ4n) is 1.37. The molecule has 0 N–H and O–H groups in total. The second-order valence-corrected chi connectivity index (χ2v) is 3.17. The minimum atomic E-state index is -0.400. The smallest absolute Gasteiger partial charge is 0.336 e. The van der Waals surface area contributed by atoms with Crippen LogP contribution in [-0.2, 0) is 9.53 Å². The average Bonchev–Trinajstić information content (AvgIpc) is 3.08. The first kappa shape index (κ1) is 9.71. The number of hydrogen-bond acceptors (Lipinski definition) is 4. The lowest BCUT2D eigenvalue weighted by atomic mass is 10.1. The Kier molecular flexibility index (Phi) is 2.41. The molecule has 1 aromatic rings. The van der Waals surface area contributed by atoms with Crippen LogP contribution in [0, 0.1) is 0 Å². The van der Waals surface area contributed by atoms with Gasteiger partial charge in [-0.25, -0.2) is 4.79 Å². The fourth-order valence-corrected chi connectivity index (χ4v) is 1.37. The molecule has 0 amide bonds. The quantitative estimate of drug-likeness (QED) is 0.693. The minimum absolute atomic E-state index is 0.305. The highest BCUT2D eigenvalue weighted by Crippen LogP contribution is 2.22. The van der Waals surface area contributed by atoms with Gasteiger partial charge in [-0.3, -0.25) is 4.99 Å². The van der Waals surface area contributed by atoms with E-state index < -0.39 is 6.04 Å². The number of carbonyl (C=O) groups excluding carboxylic acids is 1. The van der Waals surface area contributed by atoms with Crippen molar-refractivity contribution in [2.75, 3.05) is 14.2 Å². The second kappa shape index (κ2) is 3.73. The maximum absolute atomic E-state index is 11.1. The van der Waals surface area contributed by atoms with E-state index in [0.717, 1.165) is 17.0 Å². The Balaban J connectivity index is 2.07. The molecular formula is C11H11NO3. The Labute approximate surface area is 87.5 Å². The SMILES string of the molecule is COC(=O)[C@H]1N=C1c1ccc(OC)cc1. The number of hydrogen-bond donors (Lipinski definition) is 0. The third-order valence-corrected chi connectivity index (χ3v) is 2.27. The van der Waals surface area contributed by atoms with Crippen LogP contribution in [0.15, 0.2) is 29.3 Å². The maximum atomic E-state index is 11.1. The average molecular weight is 205 g/mol. The first-order chi connectivity index (χ1) is 7.26. The van der Waals surface area contributed by atoms with Gasteiger partial charge in [-0.15, -0.1) is 0 Å². The molecule has 4 heteroatoms. The topological polar surface area (TPSA) is 47.9 Å². The number of aliphatic imine (C=N–C) groups is 1. The highest BCUT2D eigenvalue weighted by atomic mass is 16.5. The summed E-state index contributed by atoms with van der Waals surface area (Å²) in [7, 11) is 2.97. The highest BCUT2D eigenvalue weighted by Gasteiger charge is 2.36. The van der Waals surface area contributed by atoms with Gasteiger partial charge in [0.25, 0.3) is 0 Å². The van der Waals surface area contributed by atoms with E-state index in [9.17, 15) is 4.79 Å². The van der Waals surface area contributed by atoms with E-state index in [4.69, 9.17) is 4.74 Å². The summed E-state index contributed by atoms with van der Waals surface area (Å²) < 4.78 is 9.63. The Morgan fingerprint density at radius 2 is 1.93 bits per heavy atom. The molecule has 0 bridgehead atoms. The maximum Gasteiger partial charge on any atom is 0.336 e. The van der Waals surface area contributed by atoms with Gasteiger partial charge in [-0.1, -0.05) is 0 Å². The van der Waals surface area contributed by atoms with Crippen LogP contribution >= 0.6 is 0 Å². The van der Waals surface area contributed by atoms with Gasteiger partial charge in [0.15, 0.2) is 6.04 Å². The molecule has 1 atom stereocenters. The first-order valence-corrected chi connectivity index (χ1v) is 4.56. The molecule has 2 rings (SSSR count). The van der Waals surface area contributed by atoms with Gasteiger partial charge in [0.2, 0.25) is 0 Å². The van der Waals surface area contributed by atoms with Crippen LogP contribution in [0.2, 0.25) is 0 Å². The number of rotatable bonds is 3. The van der Waals surface area contributed by atoms with Crippen molar-refractivity contribution in [3.8, 4) is 5.75 Å². The third-order valence-electron chi connectivity index (χ3n) is 2.27. The van der Waals surface area contributed by atoms with Crippen molar-refractivity contribution in [3.05, 3.63) is 29.8 Å². The predicted octanol–water partition coefficient (Wildman–Crippen LogP) is 1.04. The summed E-state index contributed by atoms with van der Waals surface area (Å²) in [5, 5.41) is 0. The van der Waals surface area contributed by atoms with Crippen LogP contribution in [0.3, 0.4) is 0 Å². The van der Waals surface area contributed by atoms with Crippen LogP contribution in [0.5, 0.6) is 5.75 Å². The Hall–Kier alpha value is -1.84. The van der Waals surface area contributed by atoms with E-state index in [-0.39, 0.29) is 5.97 Å². The number of carbonyl (C=O) groups is 1. The lowest BCUT2D eigenvalue weighted by Gasteiger charge is -1.99. The van der Waals surface area contributed by atoms with Gasteiger partial charge >= 0.3 is 5.97 Å². The fraction of sp³-hybridized carbons (Fsp3) is 0.273. The summed E-state index contributed by atoms with van der Waals surface area (Å²) in [6.07, 6.45) is 0. The van der Waals surface area contributed by atoms with Crippen molar-refractivity contribution >= 4 is 11.7 Å². The van der Waals surface area contributed by atoms with Crippen LogP contribution in [0.25, 0.3) is 0 Å². The zero-order valence-corrected chi connectivity index (χ0v) is 8.56. The molecule has 78 valence electrons. The third kappa shape index (κ3) is 1.83. The van der Waals surface area contributed by atoms with Crippen molar-refractivity contribution in [2.45, 2.75) is 6.04 Å². The molecule has 0 saturated carbocycles. The Morgan fingerprint density at radius 1 is 1.27 bits per heavy atom. The molecule has 0 spiro atoms. The van der Waals surface area contributed by atoms with E-state index >= 15 is 0 Å². The molecular weight excluding hydrogens is 194 g/mol. The summed E-state index contributed by atoms with van der Waals surface area (Å²) in [4.78, 5) is 15.2. The molecule has 1 heterocycles. The van der Waals surface area contributed by atoms with Gasteiger partial charge in [0.05, 0.1) is 19.9 Å². The number of benzene rings is 1. The number of esters is 1. The second-order valence-electron chi connectivity index (χ2n) is 3.17. The van der Waals surface area contributed by atoms with Gasteiger partial charge in [0.1, 0.15) is 5.75 Å². The van der Waals surface area contributed by atoms with Gasteiger partial charge < -0.3 is 9.47 Å². The molecule has 0 aromatic heterocycles. The van der Waals surface area contributed by atoms with Crippen LogP contribution < -0.4 is 4.74 Å². The van der Waals surface area contributed by atoms with Crippen molar-refractivity contribution in [1.82, 2.24) is 0 Å². The molecule has 1 aliphatic heterocycles. The monoisotopic (exact) mass is 205 g/mol. The Morgan fingerprint density at radius 3 is 2.47 bits per heavy atom. The van der Waals surface area contributed by atoms with Crippen molar-refractivity contribution < 1.29 is 14.3 Å². The number of methoxy groups -OCH3 is 2. The van der Waals surface area contributed by atoms with Crippen molar-refractivity contribution in [3.63, 3.8) is 0 Å². The molecule has 0 radical (unpaired) electrons. The summed E-state index contributed by atoms with van der Waals surface area (Å²) >= 11 is 0. The summed E-state index contributed by atoms with van der Waals surface area (Å²) in [5.74, 6) is 0.482. The van der Waals surface area contributed by atoms with Gasteiger partial charge in [-0.2, -0.15) is 0 Å². The lowest BCUT2D eigenvalue weighted by Crippen LogP contribution is -2.14. The first-order valence-electron chi connectivity index (χ1n) is 4.56. The molecule has 0 saturated heterocycles. The van der Waals surface area contributed by atoms with E-state index in [1.165, 1.54) is 7.11 Å². The normalized spacial score (nSPS) is 18.0. The van der Waals surface area contributed by atoms with E-state index in [0.29, 0.717) is 0 Å². The lowest BCUT2D eigenvalue weighted by molar-refractivity contribution is -0.139. The number of nitrogens with zero attached hydrogens (tertiary/aromatic N) is 1. The summed E-state index contributed by atoms with van der Waals surface area (Å²) in [5.41, 5.74) is 1.72. The predicted molar refractivity (Wildman–Crippen MR) is 55.3 cm³/mol. The zero-order chi connectivity index (χ0) is 10.8. The van der Waals surface area contributed by atoms with Crippen molar-refractivity contribution in [1.29, 1.82) is 0 Å².